The van der Waals surface area contributed by atoms with Crippen LogP contribution in [0.5, 0.6) is 5.75 Å². The van der Waals surface area contributed by atoms with Crippen molar-refractivity contribution in [3.05, 3.63) is 64.2 Å². The summed E-state index contributed by atoms with van der Waals surface area (Å²) >= 11 is 5.92. The quantitative estimate of drug-likeness (QED) is 0.880. The number of benzene rings is 2. The third-order valence-corrected chi connectivity index (χ3v) is 3.32. The first-order valence-corrected chi connectivity index (χ1v) is 7.05. The van der Waals surface area contributed by atoms with Crippen LogP contribution in [0.25, 0.3) is 0 Å². The molecule has 0 fully saturated rings. The average molecular weight is 330 g/mol. The minimum atomic E-state index is -4.36. The molecule has 0 heterocycles. The van der Waals surface area contributed by atoms with Crippen LogP contribution in [0, 0.1) is 0 Å². The van der Waals surface area contributed by atoms with Crippen LogP contribution in [0.4, 0.5) is 13.2 Å². The van der Waals surface area contributed by atoms with Gasteiger partial charge in [0.25, 0.3) is 0 Å². The molecule has 0 radical (unpaired) electrons. The van der Waals surface area contributed by atoms with Gasteiger partial charge in [-0.3, -0.25) is 0 Å². The molecule has 118 valence electrons. The summed E-state index contributed by atoms with van der Waals surface area (Å²) in [5.74, 6) is 0.576. The Balaban J connectivity index is 2.13. The second-order valence-electron chi connectivity index (χ2n) is 4.78. The second kappa shape index (κ2) is 7.03. The first kappa shape index (κ1) is 16.6. The maximum absolute atomic E-state index is 12.7. The van der Waals surface area contributed by atoms with Gasteiger partial charge in [-0.2, -0.15) is 13.2 Å². The number of hydrogen-bond acceptors (Lipinski definition) is 2. The predicted molar refractivity (Wildman–Crippen MR) is 80.0 cm³/mol. The zero-order chi connectivity index (χ0) is 16.2. The van der Waals surface area contributed by atoms with Crippen molar-refractivity contribution in [1.29, 1.82) is 0 Å². The zero-order valence-corrected chi connectivity index (χ0v) is 12.4. The van der Waals surface area contributed by atoms with Crippen LogP contribution in [0.15, 0.2) is 42.5 Å². The smallest absolute Gasteiger partial charge is 0.416 e. The Kier molecular flexibility index (Phi) is 5.32. The van der Waals surface area contributed by atoms with E-state index >= 15 is 0 Å². The molecular formula is C16H15ClF3NO. The Morgan fingerprint density at radius 2 is 1.86 bits per heavy atom. The van der Waals surface area contributed by atoms with E-state index < -0.39 is 11.7 Å². The molecule has 0 atom stereocenters. The largest absolute Gasteiger partial charge is 0.489 e. The SMILES string of the molecule is NCCc1cc(Cl)ccc1OCc1cccc(C(F)(F)F)c1. The summed E-state index contributed by atoms with van der Waals surface area (Å²) in [5.41, 5.74) is 6.13. The minimum absolute atomic E-state index is 0.0448. The van der Waals surface area contributed by atoms with Gasteiger partial charge in [0.2, 0.25) is 0 Å². The molecule has 0 aliphatic carbocycles. The molecule has 2 aromatic rings. The Hall–Kier alpha value is -1.72. The molecule has 0 unspecified atom stereocenters. The van der Waals surface area contributed by atoms with Crippen LogP contribution >= 0.6 is 11.6 Å². The average Bonchev–Trinajstić information content (AvgIpc) is 2.46. The van der Waals surface area contributed by atoms with Crippen molar-refractivity contribution in [3.63, 3.8) is 0 Å². The van der Waals surface area contributed by atoms with E-state index in [1.807, 2.05) is 0 Å². The number of alkyl halides is 3. The lowest BCUT2D eigenvalue weighted by Gasteiger charge is -2.13. The molecule has 6 heteroatoms. The van der Waals surface area contributed by atoms with Crippen molar-refractivity contribution >= 4 is 11.6 Å². The first-order valence-electron chi connectivity index (χ1n) is 6.67. The van der Waals surface area contributed by atoms with E-state index in [1.54, 1.807) is 24.3 Å². The van der Waals surface area contributed by atoms with Crippen molar-refractivity contribution in [2.45, 2.75) is 19.2 Å². The molecule has 2 nitrogen and oxygen atoms in total. The normalized spacial score (nSPS) is 11.5. The van der Waals surface area contributed by atoms with Gasteiger partial charge in [0, 0.05) is 5.02 Å². The van der Waals surface area contributed by atoms with Crippen LogP contribution < -0.4 is 10.5 Å². The first-order chi connectivity index (χ1) is 10.4. The molecule has 2 N–H and O–H groups in total. The van der Waals surface area contributed by atoms with E-state index in [1.165, 1.54) is 6.07 Å². The highest BCUT2D eigenvalue weighted by Gasteiger charge is 2.30. The lowest BCUT2D eigenvalue weighted by atomic mass is 10.1. The molecule has 0 saturated heterocycles. The van der Waals surface area contributed by atoms with E-state index in [2.05, 4.69) is 0 Å². The predicted octanol–water partition coefficient (Wildman–Crippen LogP) is 4.44. The second-order valence-corrected chi connectivity index (χ2v) is 5.21. The highest BCUT2D eigenvalue weighted by atomic mass is 35.5. The van der Waals surface area contributed by atoms with Crippen molar-refractivity contribution in [3.8, 4) is 5.75 Å². The summed E-state index contributed by atoms with van der Waals surface area (Å²) in [6.45, 7) is 0.476. The van der Waals surface area contributed by atoms with Crippen LogP contribution in [0.3, 0.4) is 0 Å². The van der Waals surface area contributed by atoms with Crippen molar-refractivity contribution < 1.29 is 17.9 Å². The van der Waals surface area contributed by atoms with E-state index in [0.717, 1.165) is 17.7 Å². The summed E-state index contributed by atoms with van der Waals surface area (Å²) in [6, 6.07) is 10.2. The molecule has 22 heavy (non-hydrogen) atoms. The van der Waals surface area contributed by atoms with Crippen molar-refractivity contribution in [2.75, 3.05) is 6.54 Å². The molecule has 2 aromatic carbocycles. The fraction of sp³-hybridized carbons (Fsp3) is 0.250. The highest BCUT2D eigenvalue weighted by Crippen LogP contribution is 2.30. The molecule has 0 aliphatic heterocycles. The molecule has 0 spiro atoms. The topological polar surface area (TPSA) is 35.2 Å². The summed E-state index contributed by atoms with van der Waals surface area (Å²) in [7, 11) is 0. The Bertz CT molecular complexity index is 644. The standard InChI is InChI=1S/C16H15ClF3NO/c17-14-4-5-15(12(9-14)6-7-21)22-10-11-2-1-3-13(8-11)16(18,19)20/h1-5,8-9H,6-7,10,21H2. The van der Waals surface area contributed by atoms with E-state index in [0.29, 0.717) is 29.3 Å². The number of nitrogens with two attached hydrogens (primary N) is 1. The van der Waals surface area contributed by atoms with Crippen LogP contribution in [0.2, 0.25) is 5.02 Å². The number of ether oxygens (including phenoxy) is 1. The Morgan fingerprint density at radius 3 is 2.55 bits per heavy atom. The molecule has 2 rings (SSSR count). The summed E-state index contributed by atoms with van der Waals surface area (Å²) < 4.78 is 43.6. The summed E-state index contributed by atoms with van der Waals surface area (Å²) in [6.07, 6.45) is -3.78. The van der Waals surface area contributed by atoms with Gasteiger partial charge in [-0.05, 0) is 54.4 Å². The van der Waals surface area contributed by atoms with Gasteiger partial charge < -0.3 is 10.5 Å². The van der Waals surface area contributed by atoms with Gasteiger partial charge >= 0.3 is 6.18 Å². The van der Waals surface area contributed by atoms with Gasteiger partial charge in [0.1, 0.15) is 12.4 Å². The molecular weight excluding hydrogens is 315 g/mol. The zero-order valence-electron chi connectivity index (χ0n) is 11.7. The molecule has 0 amide bonds. The lowest BCUT2D eigenvalue weighted by Crippen LogP contribution is -2.07. The maximum atomic E-state index is 12.7. The fourth-order valence-corrected chi connectivity index (χ4v) is 2.23. The molecule has 0 bridgehead atoms. The van der Waals surface area contributed by atoms with Gasteiger partial charge in [0.05, 0.1) is 5.56 Å². The molecule has 0 saturated carbocycles. The summed E-state index contributed by atoms with van der Waals surface area (Å²) in [4.78, 5) is 0. The number of hydrogen-bond donors (Lipinski definition) is 1. The van der Waals surface area contributed by atoms with E-state index in [-0.39, 0.29) is 6.61 Å². The minimum Gasteiger partial charge on any atom is -0.489 e. The van der Waals surface area contributed by atoms with Crippen LogP contribution in [0.1, 0.15) is 16.7 Å². The van der Waals surface area contributed by atoms with Crippen LogP contribution in [-0.2, 0) is 19.2 Å². The van der Waals surface area contributed by atoms with Gasteiger partial charge in [-0.15, -0.1) is 0 Å². The fourth-order valence-electron chi connectivity index (χ4n) is 2.04. The summed E-state index contributed by atoms with van der Waals surface area (Å²) in [5, 5.41) is 0.565. The third-order valence-electron chi connectivity index (χ3n) is 3.08. The monoisotopic (exact) mass is 329 g/mol. The van der Waals surface area contributed by atoms with E-state index in [9.17, 15) is 13.2 Å². The van der Waals surface area contributed by atoms with Gasteiger partial charge in [-0.25, -0.2) is 0 Å². The number of rotatable bonds is 5. The number of halogens is 4. The van der Waals surface area contributed by atoms with Crippen molar-refractivity contribution in [1.82, 2.24) is 0 Å². The molecule has 0 aliphatic rings. The maximum Gasteiger partial charge on any atom is 0.416 e. The molecule has 0 aromatic heterocycles. The van der Waals surface area contributed by atoms with Gasteiger partial charge in [-0.1, -0.05) is 23.7 Å². The van der Waals surface area contributed by atoms with E-state index in [4.69, 9.17) is 22.1 Å². The van der Waals surface area contributed by atoms with Crippen molar-refractivity contribution in [2.24, 2.45) is 5.73 Å². The highest BCUT2D eigenvalue weighted by molar-refractivity contribution is 6.30. The third kappa shape index (κ3) is 4.39. The van der Waals surface area contributed by atoms with Crippen LogP contribution in [-0.4, -0.2) is 6.54 Å². The Labute approximate surface area is 131 Å². The lowest BCUT2D eigenvalue weighted by molar-refractivity contribution is -0.137. The Morgan fingerprint density at radius 1 is 1.09 bits per heavy atom. The van der Waals surface area contributed by atoms with Gasteiger partial charge in [0.15, 0.2) is 0 Å².